The van der Waals surface area contributed by atoms with Crippen LogP contribution in [0.5, 0.6) is 0 Å². The fraction of sp³-hybridized carbons (Fsp3) is 0.800. The van der Waals surface area contributed by atoms with Gasteiger partial charge in [0.1, 0.15) is 0 Å². The van der Waals surface area contributed by atoms with Gasteiger partial charge in [0.05, 0.1) is 17.3 Å². The van der Waals surface area contributed by atoms with Gasteiger partial charge in [0.15, 0.2) is 5.96 Å². The number of aryl methyl sites for hydroxylation is 3. The van der Waals surface area contributed by atoms with Gasteiger partial charge < -0.3 is 15.0 Å². The van der Waals surface area contributed by atoms with E-state index < -0.39 is 0 Å². The molecule has 5 nitrogen and oxygen atoms in total. The van der Waals surface area contributed by atoms with Crippen molar-refractivity contribution in [3.63, 3.8) is 0 Å². The molecule has 2 aliphatic rings. The van der Waals surface area contributed by atoms with Gasteiger partial charge in [-0.3, -0.25) is 4.99 Å². The van der Waals surface area contributed by atoms with Gasteiger partial charge in [-0.25, -0.2) is 4.98 Å². The van der Waals surface area contributed by atoms with Crippen LogP contribution in [0.4, 0.5) is 0 Å². The number of fused-ring (bicyclic) bond motifs is 1. The van der Waals surface area contributed by atoms with Crippen molar-refractivity contribution in [2.24, 2.45) is 10.9 Å². The summed E-state index contributed by atoms with van der Waals surface area (Å²) in [5.41, 5.74) is 1.37. The summed E-state index contributed by atoms with van der Waals surface area (Å²) in [6.45, 7) is 6.46. The van der Waals surface area contributed by atoms with E-state index in [1.165, 1.54) is 54.1 Å². The third-order valence-corrected chi connectivity index (χ3v) is 6.24. The number of hydrogen-bond acceptors (Lipinski definition) is 4. The van der Waals surface area contributed by atoms with E-state index in [2.05, 4.69) is 24.2 Å². The molecule has 1 heterocycles. The molecule has 3 rings (SSSR count). The van der Waals surface area contributed by atoms with E-state index in [-0.39, 0.29) is 24.0 Å². The summed E-state index contributed by atoms with van der Waals surface area (Å²) in [7, 11) is 2.09. The first-order chi connectivity index (χ1) is 12.8. The molecule has 7 heteroatoms. The number of guanidine groups is 1. The number of likely N-dealkylation sites (N-methyl/N-ethyl adjacent to an activating group) is 1. The first-order valence-electron chi connectivity index (χ1n) is 10.3. The number of ether oxygens (including phenoxy) is 1. The minimum Gasteiger partial charge on any atom is -0.379 e. The fourth-order valence-electron chi connectivity index (χ4n) is 3.24. The second-order valence-corrected chi connectivity index (χ2v) is 8.63. The topological polar surface area (TPSA) is 49.8 Å². The van der Waals surface area contributed by atoms with Crippen molar-refractivity contribution in [3.8, 4) is 0 Å². The van der Waals surface area contributed by atoms with Crippen molar-refractivity contribution >= 4 is 41.3 Å². The molecule has 0 bridgehead atoms. The Morgan fingerprint density at radius 3 is 2.89 bits per heavy atom. The molecular formula is C20H35IN4OS. The number of nitrogens with zero attached hydrogens (tertiary/aromatic N) is 3. The average Bonchev–Trinajstić information content (AvgIpc) is 3.38. The van der Waals surface area contributed by atoms with Gasteiger partial charge in [-0.15, -0.1) is 35.3 Å². The zero-order valence-corrected chi connectivity index (χ0v) is 20.0. The highest BCUT2D eigenvalue weighted by Crippen LogP contribution is 2.28. The minimum atomic E-state index is 0. The third-order valence-electron chi connectivity index (χ3n) is 5.02. The summed E-state index contributed by atoms with van der Waals surface area (Å²) >= 11 is 1.93. The molecule has 0 atom stereocenters. The number of aliphatic imine (C=N–C) groups is 1. The van der Waals surface area contributed by atoms with Crippen molar-refractivity contribution in [2.45, 2.75) is 58.3 Å². The zero-order chi connectivity index (χ0) is 18.2. The van der Waals surface area contributed by atoms with Crippen LogP contribution in [0.2, 0.25) is 0 Å². The monoisotopic (exact) mass is 506 g/mol. The van der Waals surface area contributed by atoms with Crippen LogP contribution >= 0.6 is 35.3 Å². The summed E-state index contributed by atoms with van der Waals surface area (Å²) in [5.74, 6) is 1.82. The number of aromatic nitrogens is 1. The fourth-order valence-corrected chi connectivity index (χ4v) is 4.44. The molecule has 0 unspecified atom stereocenters. The maximum absolute atomic E-state index is 5.75. The number of halogens is 1. The lowest BCUT2D eigenvalue weighted by Crippen LogP contribution is -2.40. The number of nitrogens with one attached hydrogen (secondary N) is 1. The van der Waals surface area contributed by atoms with Crippen LogP contribution in [0.15, 0.2) is 4.99 Å². The molecule has 0 amide bonds. The number of rotatable bonds is 10. The molecule has 0 saturated heterocycles. The van der Waals surface area contributed by atoms with Crippen molar-refractivity contribution in [1.29, 1.82) is 0 Å². The maximum Gasteiger partial charge on any atom is 0.193 e. The summed E-state index contributed by atoms with van der Waals surface area (Å²) in [6, 6.07) is 0. The van der Waals surface area contributed by atoms with Gasteiger partial charge in [0.25, 0.3) is 0 Å². The molecule has 0 aromatic carbocycles. The maximum atomic E-state index is 5.75. The number of hydrogen-bond donors (Lipinski definition) is 1. The van der Waals surface area contributed by atoms with Crippen LogP contribution in [0, 0.1) is 5.92 Å². The second-order valence-electron chi connectivity index (χ2n) is 7.46. The molecule has 2 aliphatic carbocycles. The second kappa shape index (κ2) is 12.2. The van der Waals surface area contributed by atoms with E-state index in [1.807, 2.05) is 11.3 Å². The molecule has 0 radical (unpaired) electrons. The molecule has 1 N–H and O–H groups in total. The average molecular weight is 506 g/mol. The number of thiazole rings is 1. The molecule has 1 aromatic rings. The predicted octanol–water partition coefficient (Wildman–Crippen LogP) is 3.90. The van der Waals surface area contributed by atoms with Crippen LogP contribution in [-0.4, -0.2) is 55.7 Å². The van der Waals surface area contributed by atoms with E-state index in [9.17, 15) is 0 Å². The largest absolute Gasteiger partial charge is 0.379 e. The Hall–Kier alpha value is -0.410. The lowest BCUT2D eigenvalue weighted by Gasteiger charge is -2.22. The molecule has 0 aliphatic heterocycles. The van der Waals surface area contributed by atoms with E-state index in [0.29, 0.717) is 0 Å². The van der Waals surface area contributed by atoms with Crippen molar-refractivity contribution in [2.75, 3.05) is 39.9 Å². The van der Waals surface area contributed by atoms with Gasteiger partial charge >= 0.3 is 0 Å². The Kier molecular flexibility index (Phi) is 10.3. The van der Waals surface area contributed by atoms with Crippen molar-refractivity contribution in [1.82, 2.24) is 15.2 Å². The van der Waals surface area contributed by atoms with E-state index in [1.54, 1.807) is 0 Å². The van der Waals surface area contributed by atoms with E-state index in [0.717, 1.165) is 57.6 Å². The highest BCUT2D eigenvalue weighted by atomic mass is 127. The first kappa shape index (κ1) is 22.9. The van der Waals surface area contributed by atoms with Crippen LogP contribution in [-0.2, 0) is 24.0 Å². The Morgan fingerprint density at radius 2 is 2.15 bits per heavy atom. The summed E-state index contributed by atoms with van der Waals surface area (Å²) < 4.78 is 5.75. The SMILES string of the molecule is CCNC(=NCCCc1nc2c(s1)CCCC2)N(C)CCOCC1CC1.I. The minimum absolute atomic E-state index is 0. The first-order valence-corrected chi connectivity index (χ1v) is 11.1. The van der Waals surface area contributed by atoms with Crippen molar-refractivity contribution < 1.29 is 4.74 Å². The molecule has 1 fully saturated rings. The summed E-state index contributed by atoms with van der Waals surface area (Å²) in [4.78, 5) is 13.3. The van der Waals surface area contributed by atoms with Gasteiger partial charge in [-0.1, -0.05) is 0 Å². The van der Waals surface area contributed by atoms with Gasteiger partial charge in [0.2, 0.25) is 0 Å². The third kappa shape index (κ3) is 7.85. The lowest BCUT2D eigenvalue weighted by molar-refractivity contribution is 0.115. The zero-order valence-electron chi connectivity index (χ0n) is 16.8. The quantitative estimate of drug-likeness (QED) is 0.227. The summed E-state index contributed by atoms with van der Waals surface area (Å²) in [5, 5.41) is 4.69. The highest BCUT2D eigenvalue weighted by molar-refractivity contribution is 14.0. The molecule has 27 heavy (non-hydrogen) atoms. The van der Waals surface area contributed by atoms with Gasteiger partial charge in [0, 0.05) is 44.6 Å². The molecule has 1 saturated carbocycles. The smallest absolute Gasteiger partial charge is 0.193 e. The molecular weight excluding hydrogens is 471 g/mol. The van der Waals surface area contributed by atoms with Crippen LogP contribution in [0.1, 0.15) is 54.6 Å². The standard InChI is InChI=1S/C20H34N4OS.HI/c1-3-21-20(24(2)13-14-25-15-16-10-11-16)22-12-6-9-19-23-17-7-4-5-8-18(17)26-19;/h16H,3-15H2,1-2H3,(H,21,22);1H. The molecule has 0 spiro atoms. The van der Waals surface area contributed by atoms with E-state index >= 15 is 0 Å². The van der Waals surface area contributed by atoms with Crippen LogP contribution < -0.4 is 5.32 Å². The summed E-state index contributed by atoms with van der Waals surface area (Å²) in [6.07, 6.45) is 9.88. The van der Waals surface area contributed by atoms with Gasteiger partial charge in [-0.2, -0.15) is 0 Å². The highest BCUT2D eigenvalue weighted by Gasteiger charge is 2.21. The molecule has 1 aromatic heterocycles. The Labute approximate surface area is 185 Å². The molecule has 154 valence electrons. The van der Waals surface area contributed by atoms with Crippen LogP contribution in [0.25, 0.3) is 0 Å². The van der Waals surface area contributed by atoms with E-state index in [4.69, 9.17) is 14.7 Å². The Morgan fingerprint density at radius 1 is 1.33 bits per heavy atom. The predicted molar refractivity (Wildman–Crippen MR) is 125 cm³/mol. The Bertz CT molecular complexity index is 565. The van der Waals surface area contributed by atoms with Crippen molar-refractivity contribution in [3.05, 3.63) is 15.6 Å². The van der Waals surface area contributed by atoms with Crippen LogP contribution in [0.3, 0.4) is 0 Å². The Balaban J connectivity index is 0.00000261. The normalized spacial score (nSPS) is 16.6. The lowest BCUT2D eigenvalue weighted by atomic mass is 10.0. The van der Waals surface area contributed by atoms with Gasteiger partial charge in [-0.05, 0) is 57.8 Å².